The molecule has 1 aliphatic heterocycles. The summed E-state index contributed by atoms with van der Waals surface area (Å²) in [4.78, 5) is 24.3. The highest BCUT2D eigenvalue weighted by Gasteiger charge is 2.34. The number of oxime groups is 1. The summed E-state index contributed by atoms with van der Waals surface area (Å²) in [7, 11) is 1.52. The summed E-state index contributed by atoms with van der Waals surface area (Å²) in [6.45, 7) is 2.25. The summed E-state index contributed by atoms with van der Waals surface area (Å²) in [6, 6.07) is 17.9. The Balaban J connectivity index is 1.50. The van der Waals surface area contributed by atoms with Crippen LogP contribution in [-0.2, 0) is 11.3 Å². The van der Waals surface area contributed by atoms with Crippen LogP contribution in [0.25, 0.3) is 11.1 Å². The Labute approximate surface area is 175 Å². The lowest BCUT2D eigenvalue weighted by Crippen LogP contribution is -2.36. The minimum absolute atomic E-state index is 0.00686. The van der Waals surface area contributed by atoms with E-state index in [0.717, 1.165) is 23.3 Å². The van der Waals surface area contributed by atoms with Gasteiger partial charge in [-0.25, -0.2) is 0 Å². The molecule has 3 aromatic rings. The normalized spacial score (nSPS) is 17.5. The van der Waals surface area contributed by atoms with Crippen molar-refractivity contribution in [1.29, 1.82) is 0 Å². The van der Waals surface area contributed by atoms with Crippen molar-refractivity contribution < 1.29 is 14.2 Å². The summed E-state index contributed by atoms with van der Waals surface area (Å²) in [5, 5.41) is 7.92. The fourth-order valence-corrected chi connectivity index (χ4v) is 3.80. The molecular formula is C23H24N4O3. The van der Waals surface area contributed by atoms with E-state index >= 15 is 0 Å². The maximum Gasteiger partial charge on any atom is 0.254 e. The predicted molar refractivity (Wildman–Crippen MR) is 113 cm³/mol. The second-order valence-corrected chi connectivity index (χ2v) is 7.35. The summed E-state index contributed by atoms with van der Waals surface area (Å²) in [5.41, 5.74) is 3.73. The van der Waals surface area contributed by atoms with E-state index in [1.165, 1.54) is 7.11 Å². The van der Waals surface area contributed by atoms with Crippen molar-refractivity contribution in [2.24, 2.45) is 5.16 Å². The molecule has 1 fully saturated rings. The number of likely N-dealkylation sites (tertiary alicyclic amines) is 1. The Bertz CT molecular complexity index is 1030. The zero-order valence-corrected chi connectivity index (χ0v) is 17.1. The summed E-state index contributed by atoms with van der Waals surface area (Å²) in [5.74, 6) is 1.19. The van der Waals surface area contributed by atoms with Gasteiger partial charge in [-0.1, -0.05) is 52.8 Å². The van der Waals surface area contributed by atoms with Crippen LogP contribution in [0.2, 0.25) is 0 Å². The molecule has 0 radical (unpaired) electrons. The van der Waals surface area contributed by atoms with E-state index in [2.05, 4.69) is 27.4 Å². The average molecular weight is 404 g/mol. The Morgan fingerprint density at radius 1 is 1.17 bits per heavy atom. The molecule has 2 heterocycles. The molecular weight excluding hydrogens is 380 g/mol. The number of nitrogens with zero attached hydrogens (tertiary/aromatic N) is 4. The summed E-state index contributed by atoms with van der Waals surface area (Å²) >= 11 is 0. The lowest BCUT2D eigenvalue weighted by Gasteiger charge is -2.23. The van der Waals surface area contributed by atoms with Crippen LogP contribution < -0.4 is 0 Å². The Kier molecular flexibility index (Phi) is 5.88. The number of amides is 1. The molecule has 154 valence electrons. The van der Waals surface area contributed by atoms with Gasteiger partial charge in [0.15, 0.2) is 5.82 Å². The van der Waals surface area contributed by atoms with Crippen molar-refractivity contribution in [3.63, 3.8) is 0 Å². The molecule has 7 heteroatoms. The van der Waals surface area contributed by atoms with Crippen LogP contribution in [0.15, 0.2) is 64.3 Å². The van der Waals surface area contributed by atoms with Gasteiger partial charge in [0.05, 0.1) is 12.3 Å². The van der Waals surface area contributed by atoms with Gasteiger partial charge < -0.3 is 14.3 Å². The molecule has 1 aromatic heterocycles. The standard InChI is InChI=1S/C23H24N4O3/c1-16-24-22(30-25-16)13-12-21-14-20(26-29-2)15-27(21)23(28)19-10-8-18(9-11-19)17-6-4-3-5-7-17/h3-11,21H,12-15H2,1-2H3/b26-20-. The molecule has 1 amide bonds. The summed E-state index contributed by atoms with van der Waals surface area (Å²) in [6.07, 6.45) is 2.01. The first-order chi connectivity index (χ1) is 14.6. The minimum atomic E-state index is -0.0115. The lowest BCUT2D eigenvalue weighted by molar-refractivity contribution is 0.0732. The quantitative estimate of drug-likeness (QED) is 0.582. The Morgan fingerprint density at radius 3 is 2.57 bits per heavy atom. The van der Waals surface area contributed by atoms with Crippen LogP contribution >= 0.6 is 0 Å². The van der Waals surface area contributed by atoms with E-state index in [1.54, 1.807) is 6.92 Å². The van der Waals surface area contributed by atoms with Gasteiger partial charge in [0, 0.05) is 24.4 Å². The van der Waals surface area contributed by atoms with E-state index in [1.807, 2.05) is 47.4 Å². The maximum absolute atomic E-state index is 13.2. The topological polar surface area (TPSA) is 80.8 Å². The number of aromatic nitrogens is 2. The molecule has 0 bridgehead atoms. The number of aryl methyl sites for hydroxylation is 2. The van der Waals surface area contributed by atoms with Crippen LogP contribution in [0.3, 0.4) is 0 Å². The van der Waals surface area contributed by atoms with Gasteiger partial charge in [0.25, 0.3) is 5.91 Å². The first kappa shape index (κ1) is 19.8. The van der Waals surface area contributed by atoms with Crippen LogP contribution in [0, 0.1) is 6.92 Å². The largest absolute Gasteiger partial charge is 0.399 e. The van der Waals surface area contributed by atoms with Crippen LogP contribution in [0.1, 0.15) is 34.9 Å². The molecule has 1 saturated heterocycles. The highest BCUT2D eigenvalue weighted by Crippen LogP contribution is 2.25. The third-order valence-electron chi connectivity index (χ3n) is 5.25. The molecule has 7 nitrogen and oxygen atoms in total. The van der Waals surface area contributed by atoms with E-state index in [4.69, 9.17) is 9.36 Å². The van der Waals surface area contributed by atoms with Gasteiger partial charge in [-0.3, -0.25) is 4.79 Å². The van der Waals surface area contributed by atoms with E-state index in [0.29, 0.717) is 36.7 Å². The van der Waals surface area contributed by atoms with Gasteiger partial charge in [-0.05, 0) is 36.6 Å². The molecule has 1 unspecified atom stereocenters. The molecule has 30 heavy (non-hydrogen) atoms. The zero-order chi connectivity index (χ0) is 20.9. The first-order valence-corrected chi connectivity index (χ1v) is 9.98. The molecule has 0 spiro atoms. The number of rotatable bonds is 6. The van der Waals surface area contributed by atoms with E-state index < -0.39 is 0 Å². The third-order valence-corrected chi connectivity index (χ3v) is 5.25. The van der Waals surface area contributed by atoms with Crippen molar-refractivity contribution in [3.05, 3.63) is 71.9 Å². The molecule has 0 aliphatic carbocycles. The average Bonchev–Trinajstić information content (AvgIpc) is 3.38. The van der Waals surface area contributed by atoms with E-state index in [9.17, 15) is 4.79 Å². The third kappa shape index (κ3) is 4.40. The highest BCUT2D eigenvalue weighted by molar-refractivity contribution is 6.00. The predicted octanol–water partition coefficient (Wildman–Crippen LogP) is 3.89. The number of hydrogen-bond donors (Lipinski definition) is 0. The van der Waals surface area contributed by atoms with Gasteiger partial charge >= 0.3 is 0 Å². The summed E-state index contributed by atoms with van der Waals surface area (Å²) < 4.78 is 5.21. The van der Waals surface area contributed by atoms with Crippen LogP contribution in [0.5, 0.6) is 0 Å². The van der Waals surface area contributed by atoms with Crippen molar-refractivity contribution in [2.75, 3.05) is 13.7 Å². The van der Waals surface area contributed by atoms with E-state index in [-0.39, 0.29) is 11.9 Å². The molecule has 4 rings (SSSR count). The fourth-order valence-electron chi connectivity index (χ4n) is 3.80. The Morgan fingerprint density at radius 2 is 1.90 bits per heavy atom. The SMILES string of the molecule is CO/N=C1/CC(CCc2nc(C)no2)N(C(=O)c2ccc(-c3ccccc3)cc2)C1. The number of carbonyl (C=O) groups excluding carboxylic acids is 1. The molecule has 0 N–H and O–H groups in total. The number of benzene rings is 2. The van der Waals surface area contributed by atoms with Crippen molar-refractivity contribution in [3.8, 4) is 11.1 Å². The second kappa shape index (κ2) is 8.90. The van der Waals surface area contributed by atoms with Gasteiger partial charge in [-0.15, -0.1) is 0 Å². The smallest absolute Gasteiger partial charge is 0.254 e. The lowest BCUT2D eigenvalue weighted by atomic mass is 10.0. The van der Waals surface area contributed by atoms with Crippen LogP contribution in [-0.4, -0.2) is 46.4 Å². The molecule has 2 aromatic carbocycles. The molecule has 1 aliphatic rings. The van der Waals surface area contributed by atoms with Gasteiger partial charge in [0.2, 0.25) is 5.89 Å². The zero-order valence-electron chi connectivity index (χ0n) is 17.1. The fraction of sp³-hybridized carbons (Fsp3) is 0.304. The molecule has 1 atom stereocenters. The minimum Gasteiger partial charge on any atom is -0.399 e. The van der Waals surface area contributed by atoms with Crippen molar-refractivity contribution in [1.82, 2.24) is 15.0 Å². The maximum atomic E-state index is 13.2. The van der Waals surface area contributed by atoms with Crippen molar-refractivity contribution in [2.45, 2.75) is 32.2 Å². The number of hydrogen-bond acceptors (Lipinski definition) is 6. The molecule has 0 saturated carbocycles. The highest BCUT2D eigenvalue weighted by atomic mass is 16.6. The first-order valence-electron chi connectivity index (χ1n) is 9.98. The monoisotopic (exact) mass is 404 g/mol. The van der Waals surface area contributed by atoms with Gasteiger partial charge in [-0.2, -0.15) is 4.98 Å². The number of carbonyl (C=O) groups is 1. The Hall–Kier alpha value is -3.48. The van der Waals surface area contributed by atoms with Crippen molar-refractivity contribution >= 4 is 11.6 Å². The van der Waals surface area contributed by atoms with Crippen LogP contribution in [0.4, 0.5) is 0 Å². The van der Waals surface area contributed by atoms with Gasteiger partial charge in [0.1, 0.15) is 7.11 Å². The second-order valence-electron chi connectivity index (χ2n) is 7.35.